The van der Waals surface area contributed by atoms with E-state index in [1.165, 1.54) is 5.56 Å². The van der Waals surface area contributed by atoms with Crippen LogP contribution in [0.15, 0.2) is 110 Å². The maximum Gasteiger partial charge on any atom is 0.159 e. The van der Waals surface area contributed by atoms with Gasteiger partial charge in [-0.1, -0.05) is 54.6 Å². The highest BCUT2D eigenvalue weighted by molar-refractivity contribution is 5.98. The first-order chi connectivity index (χ1) is 19.3. The van der Waals surface area contributed by atoms with Crippen molar-refractivity contribution < 1.29 is 0 Å². The van der Waals surface area contributed by atoms with Gasteiger partial charge in [-0.05, 0) is 53.1 Å². The van der Waals surface area contributed by atoms with Gasteiger partial charge in [0.25, 0.3) is 0 Å². The van der Waals surface area contributed by atoms with Crippen LogP contribution in [0, 0.1) is 0 Å². The van der Waals surface area contributed by atoms with E-state index in [1.54, 1.807) is 6.20 Å². The second kappa shape index (κ2) is 9.96. The van der Waals surface area contributed by atoms with E-state index < -0.39 is 0 Å². The third-order valence-electron chi connectivity index (χ3n) is 6.87. The Morgan fingerprint density at radius 1 is 0.718 bits per heavy atom. The summed E-state index contributed by atoms with van der Waals surface area (Å²) in [6.07, 6.45) is 5.62. The number of imidazole rings is 1. The molecule has 4 aromatic heterocycles. The summed E-state index contributed by atoms with van der Waals surface area (Å²) in [6, 6.07) is 30.9. The van der Waals surface area contributed by atoms with Gasteiger partial charge in [-0.15, -0.1) is 0 Å². The second-order valence-electron chi connectivity index (χ2n) is 9.51. The molecule has 0 atom stereocenters. The molecule has 7 rings (SSSR count). The van der Waals surface area contributed by atoms with E-state index in [4.69, 9.17) is 4.98 Å². The third kappa shape index (κ3) is 4.56. The highest BCUT2D eigenvalue weighted by atomic mass is 15.1. The summed E-state index contributed by atoms with van der Waals surface area (Å²) in [5.41, 5.74) is 9.96. The molecule has 0 saturated carbocycles. The average Bonchev–Trinajstić information content (AvgIpc) is 3.62. The van der Waals surface area contributed by atoms with E-state index in [2.05, 4.69) is 79.0 Å². The van der Waals surface area contributed by atoms with Crippen molar-refractivity contribution in [3.05, 3.63) is 121 Å². The van der Waals surface area contributed by atoms with Crippen molar-refractivity contribution in [3.63, 3.8) is 0 Å². The van der Waals surface area contributed by atoms with E-state index in [0.29, 0.717) is 5.82 Å². The Morgan fingerprint density at radius 2 is 1.62 bits per heavy atom. The van der Waals surface area contributed by atoms with Gasteiger partial charge in [-0.3, -0.25) is 15.1 Å². The molecule has 0 aliphatic rings. The number of aromatic nitrogens is 6. The molecule has 7 nitrogen and oxygen atoms in total. The summed E-state index contributed by atoms with van der Waals surface area (Å²) in [5.74, 6) is 0.716. The maximum absolute atomic E-state index is 4.96. The Bertz CT molecular complexity index is 1890. The monoisotopic (exact) mass is 507 g/mol. The van der Waals surface area contributed by atoms with Crippen molar-refractivity contribution in [1.29, 1.82) is 0 Å². The molecule has 0 aliphatic carbocycles. The summed E-state index contributed by atoms with van der Waals surface area (Å²) in [4.78, 5) is 17.5. The van der Waals surface area contributed by atoms with Crippen molar-refractivity contribution in [2.45, 2.75) is 13.1 Å². The second-order valence-corrected chi connectivity index (χ2v) is 9.51. The molecule has 0 aliphatic heterocycles. The molecule has 0 fully saturated rings. The van der Waals surface area contributed by atoms with Crippen LogP contribution in [0.2, 0.25) is 0 Å². The van der Waals surface area contributed by atoms with Crippen LogP contribution in [0.4, 0.5) is 0 Å². The van der Waals surface area contributed by atoms with Crippen molar-refractivity contribution in [1.82, 2.24) is 35.5 Å². The zero-order valence-corrected chi connectivity index (χ0v) is 21.1. The molecule has 0 saturated heterocycles. The van der Waals surface area contributed by atoms with Crippen molar-refractivity contribution in [2.75, 3.05) is 0 Å². The van der Waals surface area contributed by atoms with Gasteiger partial charge in [0.2, 0.25) is 0 Å². The normalized spacial score (nSPS) is 11.4. The van der Waals surface area contributed by atoms with Crippen LogP contribution >= 0.6 is 0 Å². The lowest BCUT2D eigenvalue weighted by molar-refractivity contribution is 0.691. The third-order valence-corrected chi connectivity index (χ3v) is 6.87. The summed E-state index contributed by atoms with van der Waals surface area (Å²) in [7, 11) is 0. The maximum atomic E-state index is 4.96. The summed E-state index contributed by atoms with van der Waals surface area (Å²) in [5, 5.41) is 12.3. The predicted molar refractivity (Wildman–Crippen MR) is 155 cm³/mol. The van der Waals surface area contributed by atoms with Crippen LogP contribution in [-0.4, -0.2) is 30.1 Å². The molecule has 7 heteroatoms. The number of benzene rings is 3. The zero-order valence-electron chi connectivity index (χ0n) is 21.1. The number of nitrogens with one attached hydrogen (secondary N) is 3. The molecule has 0 spiro atoms. The largest absolute Gasteiger partial charge is 0.337 e. The van der Waals surface area contributed by atoms with E-state index in [9.17, 15) is 0 Å². The van der Waals surface area contributed by atoms with Gasteiger partial charge in [0.05, 0.1) is 22.2 Å². The molecule has 39 heavy (non-hydrogen) atoms. The highest BCUT2D eigenvalue weighted by Gasteiger charge is 2.16. The van der Waals surface area contributed by atoms with E-state index >= 15 is 0 Å². The van der Waals surface area contributed by atoms with Gasteiger partial charge in [-0.25, -0.2) is 4.98 Å². The number of nitrogens with zero attached hydrogens (tertiary/aromatic N) is 4. The number of H-pyrrole nitrogens is 2. The minimum absolute atomic E-state index is 0.716. The van der Waals surface area contributed by atoms with Crippen LogP contribution in [0.5, 0.6) is 0 Å². The SMILES string of the molecule is c1ccc(CNCc2cncc(-c3ccc4[nH]nc(-c5nc6c(-c7ccccn7)cccc6[nH]5)c4c3)c2)cc1. The van der Waals surface area contributed by atoms with E-state index in [0.717, 1.165) is 68.7 Å². The van der Waals surface area contributed by atoms with Crippen LogP contribution < -0.4 is 5.32 Å². The topological polar surface area (TPSA) is 95.2 Å². The van der Waals surface area contributed by atoms with Gasteiger partial charge in [0.15, 0.2) is 5.82 Å². The van der Waals surface area contributed by atoms with Gasteiger partial charge >= 0.3 is 0 Å². The van der Waals surface area contributed by atoms with Gasteiger partial charge in [-0.2, -0.15) is 5.10 Å². The lowest BCUT2D eigenvalue weighted by Crippen LogP contribution is -2.12. The van der Waals surface area contributed by atoms with Crippen molar-refractivity contribution in [3.8, 4) is 33.9 Å². The Balaban J connectivity index is 1.20. The summed E-state index contributed by atoms with van der Waals surface area (Å²) in [6.45, 7) is 1.56. The van der Waals surface area contributed by atoms with Gasteiger partial charge in [0, 0.05) is 48.2 Å². The Labute approximate surface area is 225 Å². The van der Waals surface area contributed by atoms with E-state index in [1.807, 2.05) is 54.9 Å². The molecule has 3 aromatic carbocycles. The number of aromatic amines is 2. The van der Waals surface area contributed by atoms with Gasteiger partial charge < -0.3 is 10.3 Å². The zero-order chi connectivity index (χ0) is 26.0. The highest BCUT2D eigenvalue weighted by Crippen LogP contribution is 2.32. The number of hydrogen-bond donors (Lipinski definition) is 3. The first kappa shape index (κ1) is 23.0. The number of rotatable bonds is 7. The minimum atomic E-state index is 0.716. The molecule has 0 unspecified atom stereocenters. The molecular weight excluding hydrogens is 482 g/mol. The number of pyridine rings is 2. The lowest BCUT2D eigenvalue weighted by atomic mass is 10.0. The standard InChI is InChI=1S/C32H25N7/c1-2-7-21(8-3-1)17-33-18-22-15-24(20-34-19-22)23-12-13-28-26(16-23)31(39-38-28)32-36-29-11-6-9-25(30(29)37-32)27-10-4-5-14-35-27/h1-16,19-20,33H,17-18H2,(H,36,37)(H,38,39). The number of fused-ring (bicyclic) bond motifs is 2. The van der Waals surface area contributed by atoms with Crippen LogP contribution in [-0.2, 0) is 13.1 Å². The molecule has 7 aromatic rings. The Kier molecular flexibility index (Phi) is 5.88. The fourth-order valence-electron chi connectivity index (χ4n) is 4.94. The predicted octanol–water partition coefficient (Wildman–Crippen LogP) is 6.52. The molecular formula is C32H25N7. The minimum Gasteiger partial charge on any atom is -0.337 e. The fraction of sp³-hybridized carbons (Fsp3) is 0.0625. The number of hydrogen-bond acceptors (Lipinski definition) is 5. The molecule has 188 valence electrons. The summed E-state index contributed by atoms with van der Waals surface area (Å²) >= 11 is 0. The molecule has 0 radical (unpaired) electrons. The smallest absolute Gasteiger partial charge is 0.159 e. The summed E-state index contributed by atoms with van der Waals surface area (Å²) < 4.78 is 0. The van der Waals surface area contributed by atoms with E-state index in [-0.39, 0.29) is 0 Å². The lowest BCUT2D eigenvalue weighted by Gasteiger charge is -2.07. The quantitative estimate of drug-likeness (QED) is 0.228. The van der Waals surface area contributed by atoms with Crippen molar-refractivity contribution in [2.24, 2.45) is 0 Å². The fourth-order valence-corrected chi connectivity index (χ4v) is 4.94. The first-order valence-corrected chi connectivity index (χ1v) is 12.9. The molecule has 0 amide bonds. The Hall–Kier alpha value is -5.14. The average molecular weight is 508 g/mol. The van der Waals surface area contributed by atoms with Crippen LogP contribution in [0.1, 0.15) is 11.1 Å². The first-order valence-electron chi connectivity index (χ1n) is 12.9. The molecule has 3 N–H and O–H groups in total. The van der Waals surface area contributed by atoms with Crippen LogP contribution in [0.25, 0.3) is 55.8 Å². The Morgan fingerprint density at radius 3 is 2.51 bits per heavy atom. The van der Waals surface area contributed by atoms with Gasteiger partial charge in [0.1, 0.15) is 5.69 Å². The number of para-hydroxylation sites is 1. The molecule has 4 heterocycles. The molecule has 0 bridgehead atoms. The van der Waals surface area contributed by atoms with Crippen LogP contribution in [0.3, 0.4) is 0 Å². The van der Waals surface area contributed by atoms with Crippen molar-refractivity contribution >= 4 is 21.9 Å².